The van der Waals surface area contributed by atoms with Gasteiger partial charge in [-0.2, -0.15) is 0 Å². The van der Waals surface area contributed by atoms with Crippen molar-refractivity contribution in [2.24, 2.45) is 70.0 Å². The highest BCUT2D eigenvalue weighted by molar-refractivity contribution is 5.27. The Bertz CT molecular complexity index is 1390. The van der Waals surface area contributed by atoms with Gasteiger partial charge >= 0.3 is 0 Å². The lowest BCUT2D eigenvalue weighted by atomic mass is 9.47. The van der Waals surface area contributed by atoms with Crippen molar-refractivity contribution >= 4 is 0 Å². The Morgan fingerprint density at radius 1 is 0.784 bits per heavy atom. The topological polar surface area (TPSA) is 58.6 Å². The molecule has 1 spiro atoms. The van der Waals surface area contributed by atoms with Crippen molar-refractivity contribution in [3.63, 3.8) is 0 Å². The van der Waals surface area contributed by atoms with E-state index in [1.165, 1.54) is 64.3 Å². The van der Waals surface area contributed by atoms with Crippen molar-refractivity contribution in [2.45, 2.75) is 174 Å². The normalized spacial score (nSPS) is 58.7. The largest absolute Gasteiger partial charge is 0.375 e. The van der Waals surface area contributed by atoms with Crippen molar-refractivity contribution in [3.8, 4) is 0 Å². The maximum Gasteiger partial charge on any atom is 0.201 e. The van der Waals surface area contributed by atoms with Crippen molar-refractivity contribution in [2.75, 3.05) is 19.8 Å². The van der Waals surface area contributed by atoms with Crippen molar-refractivity contribution < 1.29 is 28.7 Å². The number of nitrogens with zero attached hydrogens (tertiary/aromatic N) is 1. The van der Waals surface area contributed by atoms with E-state index < -0.39 is 17.7 Å². The maximum absolute atomic E-state index is 6.66. The van der Waals surface area contributed by atoms with Crippen molar-refractivity contribution in [1.29, 1.82) is 0 Å². The van der Waals surface area contributed by atoms with Crippen LogP contribution in [0, 0.1) is 70.0 Å². The van der Waals surface area contributed by atoms with Crippen LogP contribution in [-0.2, 0) is 28.7 Å². The number of rotatable bonds is 5. The van der Waals surface area contributed by atoms with E-state index in [9.17, 15) is 0 Å². The van der Waals surface area contributed by atoms with E-state index >= 15 is 0 Å². The van der Waals surface area contributed by atoms with Gasteiger partial charge in [0.2, 0.25) is 5.79 Å². The highest BCUT2D eigenvalue weighted by atomic mass is 17.3. The molecule has 11 aliphatic rings. The Labute approximate surface area is 308 Å². The molecular formula is C44H69NO6. The average Bonchev–Trinajstić information content (AvgIpc) is 3.45. The van der Waals surface area contributed by atoms with Crippen LogP contribution >= 0.6 is 0 Å². The summed E-state index contributed by atoms with van der Waals surface area (Å²) in [4.78, 5) is 15.4. The standard InChI is InChI=1S/C44H69NO6/c1-25-8-13-36-28(4)38-37(45(36)24-25)23-35-31-11-10-29-22-30(14-17-41(29,5)34(31)15-18-42(35,38)6)46-20-21-47-39-27(3)33-12-9-26(2)32-16-19-43(7)49-40(48-39)44(32,33)51-50-43/h10,25-28,30-40H,8-9,11-24H2,1-7H3/t25-,26+,27+,28+,30+,31?,32?,33?,34?,35?,36?,37-,38-,39?,40?,41-,42-,43?,44+/m0/s1. The molecule has 0 aromatic heterocycles. The van der Waals surface area contributed by atoms with E-state index in [4.69, 9.17) is 28.7 Å². The molecule has 6 aliphatic heterocycles. The Balaban J connectivity index is 0.766. The Hall–Kier alpha value is -0.540. The third-order valence-corrected chi connectivity index (χ3v) is 18.5. The van der Waals surface area contributed by atoms with Crippen LogP contribution in [0.15, 0.2) is 11.6 Å². The predicted octanol–water partition coefficient (Wildman–Crippen LogP) is 8.90. The van der Waals surface area contributed by atoms with Gasteiger partial charge in [0.1, 0.15) is 0 Å². The van der Waals surface area contributed by atoms with Gasteiger partial charge in [-0.15, -0.1) is 0 Å². The van der Waals surface area contributed by atoms with Crippen LogP contribution in [0.25, 0.3) is 0 Å². The highest BCUT2D eigenvalue weighted by Crippen LogP contribution is 2.70. The average molecular weight is 708 g/mol. The van der Waals surface area contributed by atoms with Crippen LogP contribution in [0.5, 0.6) is 0 Å². The van der Waals surface area contributed by atoms with Crippen LogP contribution in [-0.4, -0.2) is 66.8 Å². The van der Waals surface area contributed by atoms with Gasteiger partial charge in [0.25, 0.3) is 0 Å². The minimum Gasteiger partial charge on any atom is -0.375 e. The number of fused-ring (bicyclic) bond motifs is 11. The van der Waals surface area contributed by atoms with Crippen LogP contribution < -0.4 is 0 Å². The zero-order chi connectivity index (χ0) is 35.1. The zero-order valence-electron chi connectivity index (χ0n) is 32.9. The Morgan fingerprint density at radius 3 is 2.47 bits per heavy atom. The smallest absolute Gasteiger partial charge is 0.201 e. The molecule has 6 heterocycles. The Morgan fingerprint density at radius 2 is 1.61 bits per heavy atom. The molecule has 19 atom stereocenters. The summed E-state index contributed by atoms with van der Waals surface area (Å²) < 4.78 is 26.4. The molecule has 10 fully saturated rings. The van der Waals surface area contributed by atoms with E-state index in [-0.39, 0.29) is 12.2 Å². The molecular weight excluding hydrogens is 638 g/mol. The zero-order valence-corrected chi connectivity index (χ0v) is 32.9. The fourth-order valence-corrected chi connectivity index (χ4v) is 15.9. The van der Waals surface area contributed by atoms with Gasteiger partial charge in [0.15, 0.2) is 18.2 Å². The van der Waals surface area contributed by atoms with Gasteiger partial charge in [-0.05, 0) is 142 Å². The molecule has 0 aromatic carbocycles. The molecule has 7 heteroatoms. The lowest BCUT2D eigenvalue weighted by molar-refractivity contribution is -0.577. The van der Waals surface area contributed by atoms with Gasteiger partial charge in [-0.1, -0.05) is 53.2 Å². The first kappa shape index (κ1) is 34.9. The summed E-state index contributed by atoms with van der Waals surface area (Å²) in [5.74, 6) is 5.95. The summed E-state index contributed by atoms with van der Waals surface area (Å²) in [6.07, 6.45) is 18.5. The first-order valence-corrected chi connectivity index (χ1v) is 21.8. The second-order valence-corrected chi connectivity index (χ2v) is 20.8. The fourth-order valence-electron chi connectivity index (χ4n) is 15.9. The molecule has 0 radical (unpaired) electrons. The summed E-state index contributed by atoms with van der Waals surface area (Å²) in [6.45, 7) is 19.7. The summed E-state index contributed by atoms with van der Waals surface area (Å²) in [5.41, 5.74) is 2.06. The van der Waals surface area contributed by atoms with Crippen LogP contribution in [0.1, 0.15) is 132 Å². The number of piperidine rings is 1. The van der Waals surface area contributed by atoms with E-state index in [1.54, 1.807) is 5.57 Å². The SMILES string of the molecule is C[C@H]1CCC2[C@@H](C)[C@H]3[C@H](CC4C5CC=C6C[C@H](OCCOC7OC8OC9(C)CCC%10[C@H](C)CCC([C@H]7C)[C@@]8%10OO9)CC[C@]6(C)C5CC[C@@]43C)N2C1. The van der Waals surface area contributed by atoms with Crippen LogP contribution in [0.2, 0.25) is 0 Å². The molecule has 9 unspecified atom stereocenters. The minimum atomic E-state index is -0.753. The predicted molar refractivity (Wildman–Crippen MR) is 195 cm³/mol. The summed E-state index contributed by atoms with van der Waals surface area (Å²) in [6, 6.07) is 1.70. The molecule has 2 bridgehead atoms. The molecule has 4 saturated carbocycles. The van der Waals surface area contributed by atoms with E-state index in [1.807, 2.05) is 6.92 Å². The van der Waals surface area contributed by atoms with Gasteiger partial charge in [0.05, 0.1) is 19.3 Å². The molecule has 11 rings (SSSR count). The molecule has 0 aromatic rings. The lowest BCUT2D eigenvalue weighted by Crippen LogP contribution is -2.70. The molecule has 5 aliphatic carbocycles. The fraction of sp³-hybridized carbons (Fsp3) is 0.955. The van der Waals surface area contributed by atoms with Crippen molar-refractivity contribution in [1.82, 2.24) is 4.90 Å². The van der Waals surface area contributed by atoms with Gasteiger partial charge < -0.3 is 18.9 Å². The first-order chi connectivity index (χ1) is 24.4. The van der Waals surface area contributed by atoms with Gasteiger partial charge in [0, 0.05) is 36.9 Å². The molecule has 6 saturated heterocycles. The van der Waals surface area contributed by atoms with E-state index in [0.29, 0.717) is 47.9 Å². The van der Waals surface area contributed by atoms with Crippen LogP contribution in [0.3, 0.4) is 0 Å². The third-order valence-electron chi connectivity index (χ3n) is 18.5. The van der Waals surface area contributed by atoms with Crippen LogP contribution in [0.4, 0.5) is 0 Å². The first-order valence-electron chi connectivity index (χ1n) is 21.8. The number of ether oxygens (including phenoxy) is 4. The second-order valence-electron chi connectivity index (χ2n) is 20.8. The third kappa shape index (κ3) is 4.99. The van der Waals surface area contributed by atoms with E-state index in [0.717, 1.165) is 73.3 Å². The molecule has 7 nitrogen and oxygen atoms in total. The van der Waals surface area contributed by atoms with Gasteiger partial charge in [-0.25, -0.2) is 9.78 Å². The summed E-state index contributed by atoms with van der Waals surface area (Å²) in [7, 11) is 0. The quantitative estimate of drug-likeness (QED) is 0.161. The van der Waals surface area contributed by atoms with Crippen molar-refractivity contribution in [3.05, 3.63) is 11.6 Å². The van der Waals surface area contributed by atoms with E-state index in [2.05, 4.69) is 52.5 Å². The number of allylic oxidation sites excluding steroid dienone is 1. The Kier molecular flexibility index (Phi) is 8.37. The lowest BCUT2D eigenvalue weighted by Gasteiger charge is -2.60. The molecule has 0 N–H and O–H groups in total. The molecule has 286 valence electrons. The number of hydrogen-bond donors (Lipinski definition) is 0. The summed E-state index contributed by atoms with van der Waals surface area (Å²) >= 11 is 0. The maximum atomic E-state index is 6.66. The minimum absolute atomic E-state index is 0.200. The summed E-state index contributed by atoms with van der Waals surface area (Å²) in [5, 5.41) is 0. The molecule has 0 amide bonds. The highest BCUT2D eigenvalue weighted by Gasteiger charge is 2.70. The van der Waals surface area contributed by atoms with Gasteiger partial charge in [-0.3, -0.25) is 4.90 Å². The number of hydrogen-bond acceptors (Lipinski definition) is 7. The monoisotopic (exact) mass is 708 g/mol. The second kappa shape index (κ2) is 12.2. The molecule has 51 heavy (non-hydrogen) atoms.